The van der Waals surface area contributed by atoms with E-state index in [1.165, 1.54) is 44.4 Å². The van der Waals surface area contributed by atoms with E-state index in [0.717, 1.165) is 44.6 Å². The third kappa shape index (κ3) is 9.21. The Labute approximate surface area is 229 Å². The molecule has 2 fully saturated rings. The van der Waals surface area contributed by atoms with E-state index in [1.54, 1.807) is 6.07 Å². The minimum absolute atomic E-state index is 0.211. The first-order valence-electron chi connectivity index (χ1n) is 13.9. The van der Waals surface area contributed by atoms with Gasteiger partial charge in [-0.1, -0.05) is 55.7 Å². The summed E-state index contributed by atoms with van der Waals surface area (Å²) in [6.07, 6.45) is 8.34. The van der Waals surface area contributed by atoms with Crippen LogP contribution in [0.3, 0.4) is 0 Å². The molecule has 216 valence electrons. The zero-order chi connectivity index (χ0) is 28.3. The van der Waals surface area contributed by atoms with E-state index >= 15 is 0 Å². The summed E-state index contributed by atoms with van der Waals surface area (Å²) in [5, 5.41) is 0. The van der Waals surface area contributed by atoms with Crippen LogP contribution in [0.5, 0.6) is 0 Å². The highest BCUT2D eigenvalue weighted by molar-refractivity contribution is 5.96. The van der Waals surface area contributed by atoms with Crippen LogP contribution in [0, 0.1) is 11.8 Å². The third-order valence-electron chi connectivity index (χ3n) is 7.46. The number of carbonyl (C=O) groups is 3. The second-order valence-corrected chi connectivity index (χ2v) is 10.3. The number of methoxy groups -OCH3 is 1. The minimum Gasteiger partial charge on any atom is -0.469 e. The SMILES string of the molecule is COC(=O)CCCCCC[C@@H]1[C@@H](/C=C/C(=O)C(F)(F)c2ccccc2)[C@H](OC2CCCCO2)C[C@@H]1OC(C)=O. The number of alkyl halides is 2. The van der Waals surface area contributed by atoms with Gasteiger partial charge in [0.1, 0.15) is 6.10 Å². The second-order valence-electron chi connectivity index (χ2n) is 10.3. The zero-order valence-electron chi connectivity index (χ0n) is 22.8. The zero-order valence-corrected chi connectivity index (χ0v) is 22.8. The van der Waals surface area contributed by atoms with Crippen molar-refractivity contribution in [2.24, 2.45) is 11.8 Å². The number of rotatable bonds is 14. The number of unbranched alkanes of at least 4 members (excludes halogenated alkanes) is 3. The maximum atomic E-state index is 14.9. The lowest BCUT2D eigenvalue weighted by atomic mass is 9.87. The van der Waals surface area contributed by atoms with Crippen LogP contribution in [-0.2, 0) is 39.3 Å². The maximum absolute atomic E-state index is 14.9. The van der Waals surface area contributed by atoms with Crippen LogP contribution in [-0.4, -0.2) is 49.9 Å². The summed E-state index contributed by atoms with van der Waals surface area (Å²) in [7, 11) is 1.36. The Balaban J connectivity index is 1.75. The Morgan fingerprint density at radius 2 is 1.79 bits per heavy atom. The van der Waals surface area contributed by atoms with Crippen LogP contribution in [0.15, 0.2) is 42.5 Å². The molecule has 3 rings (SSSR count). The van der Waals surface area contributed by atoms with Crippen molar-refractivity contribution < 1.29 is 42.1 Å². The van der Waals surface area contributed by atoms with Gasteiger partial charge < -0.3 is 18.9 Å². The molecule has 1 saturated carbocycles. The molecule has 7 nitrogen and oxygen atoms in total. The van der Waals surface area contributed by atoms with Crippen molar-refractivity contribution in [2.75, 3.05) is 13.7 Å². The van der Waals surface area contributed by atoms with Gasteiger partial charge in [-0.2, -0.15) is 8.78 Å². The van der Waals surface area contributed by atoms with Crippen LogP contribution in [0.1, 0.15) is 76.7 Å². The molecule has 1 unspecified atom stereocenters. The summed E-state index contributed by atoms with van der Waals surface area (Å²) >= 11 is 0. The number of hydrogen-bond acceptors (Lipinski definition) is 7. The van der Waals surface area contributed by atoms with Crippen LogP contribution < -0.4 is 0 Å². The van der Waals surface area contributed by atoms with Gasteiger partial charge in [-0.3, -0.25) is 14.4 Å². The first-order valence-corrected chi connectivity index (χ1v) is 13.9. The highest BCUT2D eigenvalue weighted by Gasteiger charge is 2.46. The van der Waals surface area contributed by atoms with Gasteiger partial charge in [0.15, 0.2) is 6.29 Å². The molecule has 0 N–H and O–H groups in total. The molecule has 1 heterocycles. The van der Waals surface area contributed by atoms with Crippen molar-refractivity contribution in [3.05, 3.63) is 48.0 Å². The van der Waals surface area contributed by atoms with Gasteiger partial charge in [-0.25, -0.2) is 0 Å². The fraction of sp³-hybridized carbons (Fsp3) is 0.633. The Morgan fingerprint density at radius 3 is 2.46 bits per heavy atom. The Kier molecular flexibility index (Phi) is 12.1. The van der Waals surface area contributed by atoms with Gasteiger partial charge in [-0.05, 0) is 38.2 Å². The molecule has 1 aliphatic carbocycles. The van der Waals surface area contributed by atoms with Crippen molar-refractivity contribution in [1.29, 1.82) is 0 Å². The number of hydrogen-bond donors (Lipinski definition) is 0. The summed E-state index contributed by atoms with van der Waals surface area (Å²) < 4.78 is 52.1. The molecule has 1 aromatic rings. The molecule has 1 aromatic carbocycles. The van der Waals surface area contributed by atoms with E-state index in [9.17, 15) is 23.2 Å². The highest BCUT2D eigenvalue weighted by Crippen LogP contribution is 2.42. The van der Waals surface area contributed by atoms with E-state index in [-0.39, 0.29) is 17.5 Å². The van der Waals surface area contributed by atoms with Crippen LogP contribution in [0.2, 0.25) is 0 Å². The van der Waals surface area contributed by atoms with Crippen molar-refractivity contribution in [3.8, 4) is 0 Å². The van der Waals surface area contributed by atoms with Gasteiger partial charge in [0.2, 0.25) is 5.78 Å². The smallest absolute Gasteiger partial charge is 0.334 e. The number of allylic oxidation sites excluding steroid dienone is 1. The van der Waals surface area contributed by atoms with Gasteiger partial charge in [0, 0.05) is 43.8 Å². The number of esters is 2. The monoisotopic (exact) mass is 550 g/mol. The van der Waals surface area contributed by atoms with E-state index in [2.05, 4.69) is 4.74 Å². The molecule has 0 bridgehead atoms. The molecule has 1 aliphatic heterocycles. The second kappa shape index (κ2) is 15.2. The normalized spacial score (nSPS) is 25.5. The maximum Gasteiger partial charge on any atom is 0.334 e. The van der Waals surface area contributed by atoms with Crippen LogP contribution >= 0.6 is 0 Å². The van der Waals surface area contributed by atoms with Gasteiger partial charge in [-0.15, -0.1) is 0 Å². The minimum atomic E-state index is -3.66. The van der Waals surface area contributed by atoms with Crippen LogP contribution in [0.4, 0.5) is 8.78 Å². The highest BCUT2D eigenvalue weighted by atomic mass is 19.3. The first-order chi connectivity index (χ1) is 18.7. The van der Waals surface area contributed by atoms with Crippen molar-refractivity contribution >= 4 is 17.7 Å². The molecule has 0 radical (unpaired) electrons. The fourth-order valence-electron chi connectivity index (χ4n) is 5.44. The van der Waals surface area contributed by atoms with Crippen molar-refractivity contribution in [2.45, 2.75) is 95.6 Å². The van der Waals surface area contributed by atoms with E-state index in [1.807, 2.05) is 0 Å². The third-order valence-corrected chi connectivity index (χ3v) is 7.46. The summed E-state index contributed by atoms with van der Waals surface area (Å²) in [5.74, 6) is -6.26. The summed E-state index contributed by atoms with van der Waals surface area (Å²) in [6.45, 7) is 1.93. The predicted octanol–water partition coefficient (Wildman–Crippen LogP) is 5.90. The molecule has 0 amide bonds. The van der Waals surface area contributed by atoms with E-state index in [4.69, 9.17) is 14.2 Å². The Morgan fingerprint density at radius 1 is 1.05 bits per heavy atom. The molecular formula is C30H40F2O7. The molecule has 0 aromatic heterocycles. The van der Waals surface area contributed by atoms with Gasteiger partial charge in [0.05, 0.1) is 13.2 Å². The number of ether oxygens (including phenoxy) is 4. The Bertz CT molecular complexity index is 959. The predicted molar refractivity (Wildman–Crippen MR) is 140 cm³/mol. The fourth-order valence-corrected chi connectivity index (χ4v) is 5.44. The number of halogens is 2. The van der Waals surface area contributed by atoms with E-state index in [0.29, 0.717) is 32.3 Å². The quantitative estimate of drug-likeness (QED) is 0.162. The molecule has 2 aliphatic rings. The summed E-state index contributed by atoms with van der Waals surface area (Å²) in [6, 6.07) is 7.01. The topological polar surface area (TPSA) is 88.1 Å². The first kappa shape index (κ1) is 30.9. The standard InChI is InChI=1S/C30H40F2O7/c1-21(33)38-25-20-26(39-29-16-10-11-19-37-29)24(23(25)14-8-3-4-9-15-28(35)36-2)17-18-27(34)30(31,32)22-12-6-5-7-13-22/h5-7,12-13,17-18,23-26,29H,3-4,8-11,14-16,19-20H2,1-2H3/b18-17+/t23-,24-,25+,26-,29?/m1/s1. The Hall–Kier alpha value is -2.65. The average Bonchev–Trinajstić information content (AvgIpc) is 3.24. The molecule has 39 heavy (non-hydrogen) atoms. The van der Waals surface area contributed by atoms with Crippen molar-refractivity contribution in [1.82, 2.24) is 0 Å². The number of carbonyl (C=O) groups excluding carboxylic acids is 3. The van der Waals surface area contributed by atoms with E-state index < -0.39 is 42.1 Å². The molecular weight excluding hydrogens is 510 g/mol. The molecule has 1 saturated heterocycles. The lowest BCUT2D eigenvalue weighted by Crippen LogP contribution is -2.31. The average molecular weight is 551 g/mol. The lowest BCUT2D eigenvalue weighted by Gasteiger charge is -2.29. The molecule has 5 atom stereocenters. The summed E-state index contributed by atoms with van der Waals surface area (Å²) in [4.78, 5) is 35.9. The largest absolute Gasteiger partial charge is 0.469 e. The molecule has 0 spiro atoms. The lowest BCUT2D eigenvalue weighted by molar-refractivity contribution is -0.193. The van der Waals surface area contributed by atoms with Gasteiger partial charge >= 0.3 is 17.9 Å². The number of benzene rings is 1. The summed E-state index contributed by atoms with van der Waals surface area (Å²) in [5.41, 5.74) is -0.365. The van der Waals surface area contributed by atoms with Crippen LogP contribution in [0.25, 0.3) is 0 Å². The number of ketones is 1. The van der Waals surface area contributed by atoms with Gasteiger partial charge in [0.25, 0.3) is 0 Å². The molecule has 9 heteroatoms. The van der Waals surface area contributed by atoms with Crippen molar-refractivity contribution in [3.63, 3.8) is 0 Å².